The molecule has 1 N–H and O–H groups in total. The van der Waals surface area contributed by atoms with Crippen LogP contribution in [0, 0.1) is 6.92 Å². The van der Waals surface area contributed by atoms with Crippen LogP contribution >= 0.6 is 11.8 Å². The van der Waals surface area contributed by atoms with Gasteiger partial charge in [-0.15, -0.1) is 5.10 Å². The summed E-state index contributed by atoms with van der Waals surface area (Å²) in [7, 11) is 0. The first-order chi connectivity index (χ1) is 12.7. The van der Waals surface area contributed by atoms with Crippen LogP contribution in [0.3, 0.4) is 0 Å². The number of anilines is 1. The number of amides is 1. The standard InChI is InChI=1S/C18H19N5O2S/c1-3-25-16-9-7-14(8-10-16)19-17(24)12-26-18-20-21-22-23(18)15-6-4-5-13(2)11-15/h4-11H,3,12H2,1-2H3,(H,19,24). The molecule has 134 valence electrons. The summed E-state index contributed by atoms with van der Waals surface area (Å²) in [6.45, 7) is 4.54. The third-order valence-electron chi connectivity index (χ3n) is 3.47. The van der Waals surface area contributed by atoms with Gasteiger partial charge in [-0.05, 0) is 66.2 Å². The number of hydrogen-bond acceptors (Lipinski definition) is 6. The fraction of sp³-hybridized carbons (Fsp3) is 0.222. The van der Waals surface area contributed by atoms with Gasteiger partial charge in [-0.2, -0.15) is 4.68 Å². The van der Waals surface area contributed by atoms with E-state index in [-0.39, 0.29) is 11.7 Å². The highest BCUT2D eigenvalue weighted by Crippen LogP contribution is 2.20. The van der Waals surface area contributed by atoms with E-state index in [4.69, 9.17) is 4.74 Å². The lowest BCUT2D eigenvalue weighted by Crippen LogP contribution is -2.14. The van der Waals surface area contributed by atoms with Crippen LogP contribution in [0.25, 0.3) is 5.69 Å². The zero-order valence-electron chi connectivity index (χ0n) is 14.5. The number of nitrogens with one attached hydrogen (secondary N) is 1. The van der Waals surface area contributed by atoms with Crippen molar-refractivity contribution in [3.05, 3.63) is 54.1 Å². The molecule has 0 spiro atoms. The molecule has 2 aromatic carbocycles. The molecule has 0 atom stereocenters. The van der Waals surface area contributed by atoms with Crippen molar-refractivity contribution < 1.29 is 9.53 Å². The van der Waals surface area contributed by atoms with Crippen molar-refractivity contribution in [3.63, 3.8) is 0 Å². The van der Waals surface area contributed by atoms with Crippen LogP contribution in [0.5, 0.6) is 5.75 Å². The number of carbonyl (C=O) groups excluding carboxylic acids is 1. The van der Waals surface area contributed by atoms with Crippen molar-refractivity contribution >= 4 is 23.4 Å². The maximum absolute atomic E-state index is 12.2. The molecule has 7 nitrogen and oxygen atoms in total. The smallest absolute Gasteiger partial charge is 0.234 e. The Bertz CT molecular complexity index is 879. The molecule has 3 aromatic rings. The van der Waals surface area contributed by atoms with Crippen LogP contribution in [-0.4, -0.2) is 38.5 Å². The van der Waals surface area contributed by atoms with Gasteiger partial charge >= 0.3 is 0 Å². The zero-order chi connectivity index (χ0) is 18.4. The number of thioether (sulfide) groups is 1. The first kappa shape index (κ1) is 17.9. The van der Waals surface area contributed by atoms with Crippen LogP contribution in [0.15, 0.2) is 53.7 Å². The molecule has 1 amide bonds. The predicted octanol–water partition coefficient (Wildman–Crippen LogP) is 3.10. The lowest BCUT2D eigenvalue weighted by atomic mass is 10.2. The maximum atomic E-state index is 12.2. The van der Waals surface area contributed by atoms with Crippen molar-refractivity contribution in [2.75, 3.05) is 17.7 Å². The van der Waals surface area contributed by atoms with E-state index in [0.717, 1.165) is 22.7 Å². The van der Waals surface area contributed by atoms with E-state index in [1.54, 1.807) is 4.68 Å². The monoisotopic (exact) mass is 369 g/mol. The van der Waals surface area contributed by atoms with Gasteiger partial charge in [0.05, 0.1) is 18.0 Å². The molecule has 0 unspecified atom stereocenters. The second kappa shape index (κ2) is 8.48. The van der Waals surface area contributed by atoms with Crippen molar-refractivity contribution in [1.82, 2.24) is 20.2 Å². The topological polar surface area (TPSA) is 81.9 Å². The molecule has 1 aromatic heterocycles. The summed E-state index contributed by atoms with van der Waals surface area (Å²) >= 11 is 1.28. The number of carbonyl (C=O) groups is 1. The number of hydrogen-bond donors (Lipinski definition) is 1. The molecule has 1 heterocycles. The van der Waals surface area contributed by atoms with E-state index in [1.807, 2.05) is 62.4 Å². The van der Waals surface area contributed by atoms with Gasteiger partial charge in [0.2, 0.25) is 11.1 Å². The minimum atomic E-state index is -0.127. The van der Waals surface area contributed by atoms with Gasteiger partial charge < -0.3 is 10.1 Å². The second-order valence-electron chi connectivity index (χ2n) is 5.51. The van der Waals surface area contributed by atoms with Crippen molar-refractivity contribution in [3.8, 4) is 11.4 Å². The van der Waals surface area contributed by atoms with Crippen molar-refractivity contribution in [2.24, 2.45) is 0 Å². The van der Waals surface area contributed by atoms with E-state index in [2.05, 4.69) is 20.8 Å². The Hall–Kier alpha value is -2.87. The van der Waals surface area contributed by atoms with Crippen molar-refractivity contribution in [2.45, 2.75) is 19.0 Å². The molecule has 0 aliphatic rings. The molecule has 0 bridgehead atoms. The molecular weight excluding hydrogens is 350 g/mol. The second-order valence-corrected chi connectivity index (χ2v) is 6.45. The van der Waals surface area contributed by atoms with Crippen LogP contribution in [0.1, 0.15) is 12.5 Å². The third kappa shape index (κ3) is 4.60. The Morgan fingerprint density at radius 3 is 2.77 bits per heavy atom. The Balaban J connectivity index is 1.59. The summed E-state index contributed by atoms with van der Waals surface area (Å²) in [5, 5.41) is 15.1. The molecule has 26 heavy (non-hydrogen) atoms. The molecular formula is C18H19N5O2S. The highest BCUT2D eigenvalue weighted by Gasteiger charge is 2.12. The lowest BCUT2D eigenvalue weighted by molar-refractivity contribution is -0.113. The fourth-order valence-corrected chi connectivity index (χ4v) is 3.01. The molecule has 0 saturated carbocycles. The molecule has 8 heteroatoms. The number of aromatic nitrogens is 4. The average Bonchev–Trinajstić information content (AvgIpc) is 3.10. The molecule has 0 aliphatic heterocycles. The third-order valence-corrected chi connectivity index (χ3v) is 4.39. The first-order valence-corrected chi connectivity index (χ1v) is 9.15. The van der Waals surface area contributed by atoms with E-state index in [0.29, 0.717) is 11.8 Å². The number of rotatable bonds is 7. The maximum Gasteiger partial charge on any atom is 0.234 e. The zero-order valence-corrected chi connectivity index (χ0v) is 15.4. The first-order valence-electron chi connectivity index (χ1n) is 8.16. The quantitative estimate of drug-likeness (QED) is 0.645. The van der Waals surface area contributed by atoms with Crippen LogP contribution in [-0.2, 0) is 4.79 Å². The van der Waals surface area contributed by atoms with Gasteiger partial charge in [-0.1, -0.05) is 23.9 Å². The summed E-state index contributed by atoms with van der Waals surface area (Å²) in [5.41, 5.74) is 2.70. The van der Waals surface area contributed by atoms with Gasteiger partial charge in [0.1, 0.15) is 5.75 Å². The fourth-order valence-electron chi connectivity index (χ4n) is 2.32. The van der Waals surface area contributed by atoms with E-state index < -0.39 is 0 Å². The lowest BCUT2D eigenvalue weighted by Gasteiger charge is -2.07. The highest BCUT2D eigenvalue weighted by molar-refractivity contribution is 7.99. The van der Waals surface area contributed by atoms with Gasteiger partial charge in [0, 0.05) is 5.69 Å². The summed E-state index contributed by atoms with van der Waals surface area (Å²) in [6, 6.07) is 15.1. The number of tetrazole rings is 1. The molecule has 0 radical (unpaired) electrons. The van der Waals surface area contributed by atoms with E-state index in [9.17, 15) is 4.79 Å². The molecule has 3 rings (SSSR count). The van der Waals surface area contributed by atoms with Crippen LogP contribution in [0.2, 0.25) is 0 Å². The SMILES string of the molecule is CCOc1ccc(NC(=O)CSc2nnnn2-c2cccc(C)c2)cc1. The number of ether oxygens (including phenoxy) is 1. The van der Waals surface area contributed by atoms with Crippen molar-refractivity contribution in [1.29, 1.82) is 0 Å². The Morgan fingerprint density at radius 1 is 1.23 bits per heavy atom. The number of benzene rings is 2. The summed E-state index contributed by atoms with van der Waals surface area (Å²) in [4.78, 5) is 12.2. The number of nitrogens with zero attached hydrogens (tertiary/aromatic N) is 4. The minimum Gasteiger partial charge on any atom is -0.494 e. The predicted molar refractivity (Wildman–Crippen MR) is 101 cm³/mol. The highest BCUT2D eigenvalue weighted by atomic mass is 32.2. The summed E-state index contributed by atoms with van der Waals surface area (Å²) in [5.74, 6) is 0.856. The average molecular weight is 369 g/mol. The van der Waals surface area contributed by atoms with Gasteiger partial charge in [0.25, 0.3) is 0 Å². The minimum absolute atomic E-state index is 0.127. The Labute approximate surface area is 155 Å². The molecule has 0 aliphatic carbocycles. The summed E-state index contributed by atoms with van der Waals surface area (Å²) in [6.07, 6.45) is 0. The van der Waals surface area contributed by atoms with Gasteiger partial charge in [0.15, 0.2) is 0 Å². The molecule has 0 saturated heterocycles. The Morgan fingerprint density at radius 2 is 2.04 bits per heavy atom. The number of aryl methyl sites for hydroxylation is 1. The Kier molecular flexibility index (Phi) is 5.85. The normalized spacial score (nSPS) is 10.5. The van der Waals surface area contributed by atoms with E-state index in [1.165, 1.54) is 11.8 Å². The van der Waals surface area contributed by atoms with Crippen LogP contribution < -0.4 is 10.1 Å². The van der Waals surface area contributed by atoms with E-state index >= 15 is 0 Å². The molecule has 0 fully saturated rings. The van der Waals surface area contributed by atoms with Crippen LogP contribution in [0.4, 0.5) is 5.69 Å². The largest absolute Gasteiger partial charge is 0.494 e. The summed E-state index contributed by atoms with van der Waals surface area (Å²) < 4.78 is 7.01. The van der Waals surface area contributed by atoms with Gasteiger partial charge in [-0.3, -0.25) is 4.79 Å². The van der Waals surface area contributed by atoms with Gasteiger partial charge in [-0.25, -0.2) is 0 Å².